The topological polar surface area (TPSA) is 155 Å². The maximum Gasteiger partial charge on any atom is 0.420 e. The number of carbonyl (C=O) groups is 3. The number of rotatable bonds is 10. The number of esters is 1. The molecule has 0 bridgehead atoms. The van der Waals surface area contributed by atoms with Gasteiger partial charge in [0.2, 0.25) is 0 Å². The standard InChI is InChI=1S/C44H73N3O12/c1-17-32-43(10,59-41(50)47-19-18-45-24-47)22-26(3)34(48)25(2)21-42(8,9)37(58-40-36(51-14)31(46(12)13)20-27(4)54-40)28(5)35(29(6)39(49)56-32)57-33-23-44(11,53-16)38(52-15)30(7)55-33/h18-19,22,24-25,27-33,35-38,40H,17,20-21,23H2,1-16H3/b26-22+/t25?,27-,28?,29?,30?,31?,32-,33?,35?,36?,37?,38?,40?,43?,44?/m1/s1. The molecule has 0 spiro atoms. The number of carbonyl (C=O) groups excluding carboxylic acids is 3. The van der Waals surface area contributed by atoms with Crippen LogP contribution in [0.5, 0.6) is 0 Å². The molecule has 1 aromatic heterocycles. The Balaban J connectivity index is 1.88. The minimum atomic E-state index is -1.54. The van der Waals surface area contributed by atoms with Crippen LogP contribution in [0.3, 0.4) is 0 Å². The molecule has 2 saturated heterocycles. The van der Waals surface area contributed by atoms with Gasteiger partial charge >= 0.3 is 12.1 Å². The quantitative estimate of drug-likeness (QED) is 0.245. The van der Waals surface area contributed by atoms with Crippen LogP contribution in [-0.2, 0) is 52.2 Å². The summed E-state index contributed by atoms with van der Waals surface area (Å²) in [6.45, 7) is 20.9. The van der Waals surface area contributed by atoms with Crippen molar-refractivity contribution in [1.82, 2.24) is 14.5 Å². The largest absolute Gasteiger partial charge is 0.457 e. The van der Waals surface area contributed by atoms with Crippen LogP contribution in [0.2, 0.25) is 0 Å². The second-order valence-electron chi connectivity index (χ2n) is 18.4. The van der Waals surface area contributed by atoms with E-state index in [-0.39, 0.29) is 30.5 Å². The van der Waals surface area contributed by atoms with E-state index in [1.165, 1.54) is 23.3 Å². The maximum atomic E-state index is 14.7. The fraction of sp³-hybridized carbons (Fsp3) is 0.818. The van der Waals surface area contributed by atoms with E-state index >= 15 is 0 Å². The molecule has 2 fully saturated rings. The molecule has 3 aliphatic rings. The number of hydrogen-bond donors (Lipinski definition) is 0. The van der Waals surface area contributed by atoms with E-state index in [4.69, 9.17) is 42.6 Å². The summed E-state index contributed by atoms with van der Waals surface area (Å²) >= 11 is 0. The Bertz CT molecular complexity index is 1590. The first-order valence-electron chi connectivity index (χ1n) is 21.1. The summed E-state index contributed by atoms with van der Waals surface area (Å²) in [6.07, 6.45) is 1.37. The molecule has 336 valence electrons. The van der Waals surface area contributed by atoms with E-state index in [9.17, 15) is 14.4 Å². The molecular formula is C44H73N3O12. The number of hydrogen-bond acceptors (Lipinski definition) is 14. The van der Waals surface area contributed by atoms with Gasteiger partial charge in [-0.3, -0.25) is 9.59 Å². The summed E-state index contributed by atoms with van der Waals surface area (Å²) in [4.78, 5) is 48.6. The third kappa shape index (κ3) is 11.0. The summed E-state index contributed by atoms with van der Waals surface area (Å²) in [7, 11) is 8.95. The van der Waals surface area contributed by atoms with Crippen LogP contribution in [0.4, 0.5) is 4.79 Å². The number of nitrogens with zero attached hydrogens (tertiary/aromatic N) is 3. The van der Waals surface area contributed by atoms with E-state index in [2.05, 4.69) is 23.7 Å². The van der Waals surface area contributed by atoms with Crippen molar-refractivity contribution in [3.05, 3.63) is 30.4 Å². The lowest BCUT2D eigenvalue weighted by Gasteiger charge is -2.50. The fourth-order valence-electron chi connectivity index (χ4n) is 9.80. The summed E-state index contributed by atoms with van der Waals surface area (Å²) in [5, 5.41) is 0. The normalized spacial score (nSPS) is 41.1. The Morgan fingerprint density at radius 1 is 0.949 bits per heavy atom. The SMILES string of the molecule is CC[C@H]1OC(=O)C(C)C(OC2CC(C)(OC)C(OC)C(C)O2)C(C)C(OC2O[C@H](C)CC(N(C)C)C2OC)C(C)(C)CC(C)C(=O)/C(C)=C/C1(C)OC(=O)n1ccnc1. The minimum absolute atomic E-state index is 0.000607. The number of allylic oxidation sites excluding steroid dienone is 1. The van der Waals surface area contributed by atoms with Crippen LogP contribution in [0.25, 0.3) is 0 Å². The predicted molar refractivity (Wildman–Crippen MR) is 219 cm³/mol. The number of imidazole rings is 1. The molecule has 15 atom stereocenters. The number of Topliss-reactive ketones (excluding diaryl/α,β-unsaturated/α-hetero) is 1. The number of cyclic esters (lactones) is 1. The molecule has 3 aliphatic heterocycles. The molecule has 59 heavy (non-hydrogen) atoms. The lowest BCUT2D eigenvalue weighted by Crippen LogP contribution is -2.59. The third-order valence-electron chi connectivity index (χ3n) is 12.9. The van der Waals surface area contributed by atoms with Crippen LogP contribution in [0.1, 0.15) is 102 Å². The van der Waals surface area contributed by atoms with E-state index in [0.717, 1.165) is 6.42 Å². The van der Waals surface area contributed by atoms with Crippen molar-refractivity contribution in [2.45, 2.75) is 174 Å². The van der Waals surface area contributed by atoms with Crippen LogP contribution in [0.15, 0.2) is 30.4 Å². The second-order valence-corrected chi connectivity index (χ2v) is 18.4. The number of ketones is 1. The zero-order valence-electron chi connectivity index (χ0n) is 38.4. The maximum absolute atomic E-state index is 14.7. The number of likely N-dealkylation sites (N-methyl/N-ethyl adjacent to an activating group) is 1. The first-order valence-corrected chi connectivity index (χ1v) is 21.1. The molecule has 15 nitrogen and oxygen atoms in total. The second kappa shape index (κ2) is 20.0. The third-order valence-corrected chi connectivity index (χ3v) is 12.9. The molecule has 13 unspecified atom stereocenters. The molecule has 0 radical (unpaired) electrons. The molecule has 4 heterocycles. The van der Waals surface area contributed by atoms with Crippen LogP contribution < -0.4 is 0 Å². The number of ether oxygens (including phenoxy) is 9. The van der Waals surface area contributed by atoms with E-state index in [1.807, 2.05) is 55.6 Å². The van der Waals surface area contributed by atoms with Crippen molar-refractivity contribution in [3.63, 3.8) is 0 Å². The lowest BCUT2D eigenvalue weighted by atomic mass is 9.70. The Labute approximate surface area is 352 Å². The fourth-order valence-corrected chi connectivity index (χ4v) is 9.80. The molecule has 1 aromatic rings. The first kappa shape index (κ1) is 48.9. The van der Waals surface area contributed by atoms with E-state index in [0.29, 0.717) is 18.4 Å². The van der Waals surface area contributed by atoms with Crippen molar-refractivity contribution in [1.29, 1.82) is 0 Å². The smallest absolute Gasteiger partial charge is 0.420 e. The Morgan fingerprint density at radius 2 is 1.63 bits per heavy atom. The summed E-state index contributed by atoms with van der Waals surface area (Å²) in [5.74, 6) is -2.64. The van der Waals surface area contributed by atoms with Crippen LogP contribution in [-0.4, -0.2) is 140 Å². The molecule has 4 rings (SSSR count). The average Bonchev–Trinajstić information content (AvgIpc) is 3.72. The molecule has 0 saturated carbocycles. The number of aromatic nitrogens is 2. The van der Waals surface area contributed by atoms with Crippen molar-refractivity contribution >= 4 is 17.8 Å². The highest BCUT2D eigenvalue weighted by molar-refractivity contribution is 5.96. The van der Waals surface area contributed by atoms with Gasteiger partial charge in [-0.25, -0.2) is 14.3 Å². The Kier molecular flexibility index (Phi) is 16.5. The monoisotopic (exact) mass is 836 g/mol. The summed E-state index contributed by atoms with van der Waals surface area (Å²) in [5.41, 5.74) is -2.65. The van der Waals surface area contributed by atoms with Crippen LogP contribution >= 0.6 is 0 Å². The van der Waals surface area contributed by atoms with Gasteiger partial charge in [-0.2, -0.15) is 0 Å². The number of methoxy groups -OCH3 is 3. The van der Waals surface area contributed by atoms with Gasteiger partial charge in [0.15, 0.2) is 24.0 Å². The van der Waals surface area contributed by atoms with Gasteiger partial charge < -0.3 is 47.5 Å². The van der Waals surface area contributed by atoms with E-state index in [1.54, 1.807) is 48.2 Å². The lowest BCUT2D eigenvalue weighted by molar-refractivity contribution is -0.316. The van der Waals surface area contributed by atoms with Gasteiger partial charge in [0.1, 0.15) is 24.6 Å². The summed E-state index contributed by atoms with van der Waals surface area (Å²) < 4.78 is 58.8. The molecule has 0 N–H and O–H groups in total. The van der Waals surface area contributed by atoms with Crippen molar-refractivity contribution in [2.24, 2.45) is 23.2 Å². The Hall–Kier alpha value is -2.76. The van der Waals surface area contributed by atoms with Gasteiger partial charge in [0, 0.05) is 58.0 Å². The van der Waals surface area contributed by atoms with Gasteiger partial charge in [-0.1, -0.05) is 34.6 Å². The van der Waals surface area contributed by atoms with Gasteiger partial charge in [-0.05, 0) is 92.0 Å². The van der Waals surface area contributed by atoms with Crippen molar-refractivity contribution in [2.75, 3.05) is 35.4 Å². The average molecular weight is 836 g/mol. The zero-order valence-corrected chi connectivity index (χ0v) is 38.4. The van der Waals surface area contributed by atoms with E-state index < -0.39 is 89.5 Å². The van der Waals surface area contributed by atoms with Gasteiger partial charge in [-0.15, -0.1) is 0 Å². The highest BCUT2D eigenvalue weighted by atomic mass is 16.7. The highest BCUT2D eigenvalue weighted by Gasteiger charge is 2.52. The Morgan fingerprint density at radius 3 is 2.19 bits per heavy atom. The van der Waals surface area contributed by atoms with Crippen molar-refractivity contribution in [3.8, 4) is 0 Å². The first-order chi connectivity index (χ1) is 27.6. The van der Waals surface area contributed by atoms with Crippen molar-refractivity contribution < 1.29 is 57.0 Å². The van der Waals surface area contributed by atoms with Gasteiger partial charge in [0.25, 0.3) is 0 Å². The molecule has 15 heteroatoms. The van der Waals surface area contributed by atoms with Crippen LogP contribution in [0, 0.1) is 23.2 Å². The molecule has 0 aromatic carbocycles. The molecule has 0 amide bonds. The molecule has 0 aliphatic carbocycles. The zero-order chi connectivity index (χ0) is 44.2. The minimum Gasteiger partial charge on any atom is -0.457 e. The highest BCUT2D eigenvalue weighted by Crippen LogP contribution is 2.44. The molecular weight excluding hydrogens is 762 g/mol. The summed E-state index contributed by atoms with van der Waals surface area (Å²) in [6, 6.07) is 0.000607. The predicted octanol–water partition coefficient (Wildman–Crippen LogP) is 6.21. The van der Waals surface area contributed by atoms with Gasteiger partial charge in [0.05, 0.1) is 35.9 Å².